The maximum Gasteiger partial charge on any atom is 0.254 e. The number of carbonyl (C=O) groups excluding carboxylic acids is 1. The second-order valence-electron chi connectivity index (χ2n) is 6.08. The van der Waals surface area contributed by atoms with Crippen LogP contribution in [0.3, 0.4) is 0 Å². The van der Waals surface area contributed by atoms with Gasteiger partial charge in [-0.1, -0.05) is 0 Å². The molecule has 0 saturated carbocycles. The van der Waals surface area contributed by atoms with E-state index in [0.717, 1.165) is 12.2 Å². The second-order valence-corrected chi connectivity index (χ2v) is 6.08. The molecule has 2 saturated heterocycles. The zero-order valence-electron chi connectivity index (χ0n) is 13.9. The Kier molecular flexibility index (Phi) is 4.14. The molecule has 8 heteroatoms. The summed E-state index contributed by atoms with van der Waals surface area (Å²) in [6.45, 7) is 1.95. The Hall–Kier alpha value is -2.45. The van der Waals surface area contributed by atoms with Crippen LogP contribution < -0.4 is 9.64 Å². The first-order valence-corrected chi connectivity index (χ1v) is 8.19. The van der Waals surface area contributed by atoms with E-state index in [1.807, 2.05) is 24.3 Å². The summed E-state index contributed by atoms with van der Waals surface area (Å²) in [7, 11) is 1.61. The fourth-order valence-electron chi connectivity index (χ4n) is 2.91. The summed E-state index contributed by atoms with van der Waals surface area (Å²) in [6.07, 6.45) is 1.30. The van der Waals surface area contributed by atoms with Gasteiger partial charge in [0, 0.05) is 32.2 Å². The van der Waals surface area contributed by atoms with Crippen LogP contribution in [-0.4, -0.2) is 43.0 Å². The first-order valence-electron chi connectivity index (χ1n) is 8.19. The van der Waals surface area contributed by atoms with Crippen LogP contribution in [0.25, 0.3) is 0 Å². The molecule has 0 bridgehead atoms. The van der Waals surface area contributed by atoms with Crippen molar-refractivity contribution < 1.29 is 23.4 Å². The molecule has 1 aromatic carbocycles. The quantitative estimate of drug-likeness (QED) is 0.736. The number of rotatable bonds is 6. The van der Waals surface area contributed by atoms with Gasteiger partial charge in [0.15, 0.2) is 12.2 Å². The number of aromatic nitrogens is 2. The Morgan fingerprint density at radius 1 is 1.28 bits per heavy atom. The number of carbonyl (C=O) groups is 1. The summed E-state index contributed by atoms with van der Waals surface area (Å²) < 4.78 is 22.3. The van der Waals surface area contributed by atoms with Crippen molar-refractivity contribution in [3.63, 3.8) is 0 Å². The molecule has 1 unspecified atom stereocenters. The lowest BCUT2D eigenvalue weighted by molar-refractivity contribution is -0.122. The summed E-state index contributed by atoms with van der Waals surface area (Å²) in [5, 5.41) is 8.09. The van der Waals surface area contributed by atoms with Crippen LogP contribution in [0, 0.1) is 0 Å². The number of hydrogen-bond donors (Lipinski definition) is 0. The molecule has 1 atom stereocenters. The number of β-lactam (4-membered cyclic amide) rings is 1. The topological polar surface area (TPSA) is 86.9 Å². The van der Waals surface area contributed by atoms with Gasteiger partial charge in [0.25, 0.3) is 11.8 Å². The number of methoxy groups -OCH3 is 1. The molecule has 2 aliphatic rings. The molecule has 3 heterocycles. The van der Waals surface area contributed by atoms with Crippen molar-refractivity contribution in [1.82, 2.24) is 10.2 Å². The van der Waals surface area contributed by atoms with Gasteiger partial charge in [0.05, 0.1) is 13.2 Å². The average Bonchev–Trinajstić information content (AvgIpc) is 3.30. The molecule has 0 N–H and O–H groups in total. The fraction of sp³-hybridized carbons (Fsp3) is 0.471. The highest BCUT2D eigenvalue weighted by Gasteiger charge is 2.42. The van der Waals surface area contributed by atoms with Gasteiger partial charge in [-0.25, -0.2) is 0 Å². The lowest BCUT2D eigenvalue weighted by atomic mass is 10.0. The molecule has 2 fully saturated rings. The monoisotopic (exact) mass is 345 g/mol. The van der Waals surface area contributed by atoms with E-state index in [1.165, 1.54) is 0 Å². The maximum absolute atomic E-state index is 11.4. The normalized spacial score (nSPS) is 22.9. The highest BCUT2D eigenvalue weighted by atomic mass is 16.6. The van der Waals surface area contributed by atoms with Gasteiger partial charge in [-0.15, -0.1) is 10.2 Å². The van der Waals surface area contributed by atoms with Crippen molar-refractivity contribution in [2.45, 2.75) is 25.0 Å². The van der Waals surface area contributed by atoms with E-state index in [4.69, 9.17) is 18.6 Å². The Labute approximate surface area is 144 Å². The van der Waals surface area contributed by atoms with Gasteiger partial charge in [0.1, 0.15) is 5.75 Å². The van der Waals surface area contributed by atoms with Crippen molar-refractivity contribution in [2.24, 2.45) is 0 Å². The first-order chi connectivity index (χ1) is 12.2. The van der Waals surface area contributed by atoms with Crippen molar-refractivity contribution in [2.75, 3.05) is 31.8 Å². The van der Waals surface area contributed by atoms with Crippen LogP contribution in [0.2, 0.25) is 0 Å². The summed E-state index contributed by atoms with van der Waals surface area (Å²) in [5.41, 5.74) is 0.225. The van der Waals surface area contributed by atoms with E-state index < -0.39 is 5.60 Å². The number of amides is 1. The third-order valence-electron chi connectivity index (χ3n) is 4.59. The molecular formula is C17H19N3O5. The number of hydrogen-bond acceptors (Lipinski definition) is 7. The SMILES string of the molecule is COC1(c2nnc(COc3ccc(N4CCC4=O)cc3)o2)CCOC1. The average molecular weight is 345 g/mol. The third-order valence-corrected chi connectivity index (χ3v) is 4.59. The van der Waals surface area contributed by atoms with Crippen LogP contribution >= 0.6 is 0 Å². The van der Waals surface area contributed by atoms with Crippen molar-refractivity contribution >= 4 is 11.6 Å². The van der Waals surface area contributed by atoms with Crippen LogP contribution in [-0.2, 0) is 26.5 Å². The molecule has 25 heavy (non-hydrogen) atoms. The largest absolute Gasteiger partial charge is 0.484 e. The zero-order chi connectivity index (χ0) is 17.3. The lowest BCUT2D eigenvalue weighted by Gasteiger charge is -2.30. The summed E-state index contributed by atoms with van der Waals surface area (Å²) in [4.78, 5) is 13.2. The summed E-state index contributed by atoms with van der Waals surface area (Å²) in [5.74, 6) is 1.61. The Morgan fingerprint density at radius 3 is 2.72 bits per heavy atom. The predicted octanol–water partition coefficient (Wildman–Crippen LogP) is 1.65. The molecule has 1 amide bonds. The zero-order valence-corrected chi connectivity index (χ0v) is 13.9. The van der Waals surface area contributed by atoms with Gasteiger partial charge in [-0.05, 0) is 24.3 Å². The third kappa shape index (κ3) is 2.98. The van der Waals surface area contributed by atoms with Gasteiger partial charge >= 0.3 is 0 Å². The van der Waals surface area contributed by atoms with E-state index in [1.54, 1.807) is 12.0 Å². The molecule has 1 aromatic heterocycles. The Bertz CT molecular complexity index is 752. The van der Waals surface area contributed by atoms with Gasteiger partial charge in [-0.2, -0.15) is 0 Å². The van der Waals surface area contributed by atoms with Crippen LogP contribution in [0.5, 0.6) is 5.75 Å². The first kappa shape index (κ1) is 16.0. The van der Waals surface area contributed by atoms with E-state index in [2.05, 4.69) is 10.2 Å². The molecular weight excluding hydrogens is 326 g/mol. The number of nitrogens with zero attached hydrogens (tertiary/aromatic N) is 3. The van der Waals surface area contributed by atoms with E-state index in [9.17, 15) is 4.79 Å². The van der Waals surface area contributed by atoms with Crippen molar-refractivity contribution in [3.8, 4) is 5.75 Å². The van der Waals surface area contributed by atoms with E-state index in [0.29, 0.717) is 43.6 Å². The number of ether oxygens (including phenoxy) is 3. The maximum atomic E-state index is 11.4. The molecule has 0 radical (unpaired) electrons. The lowest BCUT2D eigenvalue weighted by Crippen LogP contribution is -2.43. The predicted molar refractivity (Wildman–Crippen MR) is 86.2 cm³/mol. The minimum Gasteiger partial charge on any atom is -0.484 e. The van der Waals surface area contributed by atoms with Gasteiger partial charge in [0.2, 0.25) is 5.91 Å². The van der Waals surface area contributed by atoms with Crippen LogP contribution in [0.15, 0.2) is 28.7 Å². The van der Waals surface area contributed by atoms with Crippen LogP contribution in [0.4, 0.5) is 5.69 Å². The van der Waals surface area contributed by atoms with Gasteiger partial charge in [-0.3, -0.25) is 4.79 Å². The van der Waals surface area contributed by atoms with E-state index >= 15 is 0 Å². The summed E-state index contributed by atoms with van der Waals surface area (Å²) >= 11 is 0. The summed E-state index contributed by atoms with van der Waals surface area (Å²) in [6, 6.07) is 7.36. The molecule has 4 rings (SSSR count). The van der Waals surface area contributed by atoms with Crippen molar-refractivity contribution in [1.29, 1.82) is 0 Å². The number of anilines is 1. The minimum absolute atomic E-state index is 0.148. The highest BCUT2D eigenvalue weighted by molar-refractivity contribution is 5.99. The number of benzene rings is 1. The van der Waals surface area contributed by atoms with Crippen molar-refractivity contribution in [3.05, 3.63) is 36.0 Å². The molecule has 132 valence electrons. The highest BCUT2D eigenvalue weighted by Crippen LogP contribution is 2.33. The Morgan fingerprint density at radius 2 is 2.12 bits per heavy atom. The molecule has 2 aliphatic heterocycles. The molecule has 0 spiro atoms. The second kappa shape index (κ2) is 6.45. The van der Waals surface area contributed by atoms with E-state index in [-0.39, 0.29) is 12.5 Å². The Balaban J connectivity index is 1.38. The minimum atomic E-state index is -0.656. The van der Waals surface area contributed by atoms with Crippen LogP contribution in [0.1, 0.15) is 24.6 Å². The standard InChI is InChI=1S/C17H19N3O5/c1-22-17(7-9-23-11-17)16-19-18-14(25-16)10-24-13-4-2-12(3-5-13)20-8-6-15(20)21/h2-5H,6-11H2,1H3. The fourth-order valence-corrected chi connectivity index (χ4v) is 2.91. The smallest absolute Gasteiger partial charge is 0.254 e. The molecule has 2 aromatic rings. The van der Waals surface area contributed by atoms with Gasteiger partial charge < -0.3 is 23.5 Å². The molecule has 8 nitrogen and oxygen atoms in total. The molecule has 0 aliphatic carbocycles.